The number of ether oxygens (including phenoxy) is 1. The van der Waals surface area contributed by atoms with Gasteiger partial charge in [-0.3, -0.25) is 4.99 Å². The summed E-state index contributed by atoms with van der Waals surface area (Å²) in [6.07, 6.45) is 2.64. The summed E-state index contributed by atoms with van der Waals surface area (Å²) < 4.78 is 5.74. The molecule has 7 heteroatoms. The van der Waals surface area contributed by atoms with Gasteiger partial charge in [-0.15, -0.1) is 24.0 Å². The first-order valence-corrected chi connectivity index (χ1v) is 9.60. The maximum absolute atomic E-state index is 5.74. The van der Waals surface area contributed by atoms with E-state index in [1.807, 2.05) is 7.05 Å². The van der Waals surface area contributed by atoms with Crippen LogP contribution < -0.4 is 5.32 Å². The van der Waals surface area contributed by atoms with E-state index in [1.165, 1.54) is 32.7 Å². The molecule has 0 radical (unpaired) electrons. The number of nitrogens with one attached hydrogen (secondary N) is 1. The van der Waals surface area contributed by atoms with Crippen molar-refractivity contribution < 1.29 is 4.74 Å². The second-order valence-electron chi connectivity index (χ2n) is 7.28. The molecule has 2 aliphatic heterocycles. The minimum absolute atomic E-state index is 0. The molecule has 0 aliphatic carbocycles. The van der Waals surface area contributed by atoms with Crippen molar-refractivity contribution in [1.82, 2.24) is 20.0 Å². The molecule has 2 fully saturated rings. The third-order valence-electron chi connectivity index (χ3n) is 5.13. The Morgan fingerprint density at radius 2 is 1.80 bits per heavy atom. The highest BCUT2D eigenvalue weighted by molar-refractivity contribution is 14.0. The summed E-state index contributed by atoms with van der Waals surface area (Å²) in [4.78, 5) is 11.9. The standard InChI is InChI=1S/C18H37N5O.HI/c1-5-24-17-6-8-23(9-7-17)18(19-3)20-14-16(2)15-22-12-10-21(4)11-13-22;/h16-17H,5-15H2,1-4H3,(H,19,20);1H. The number of aliphatic imine (C=N–C) groups is 1. The average molecular weight is 467 g/mol. The van der Waals surface area contributed by atoms with E-state index in [0.29, 0.717) is 12.0 Å². The molecule has 1 N–H and O–H groups in total. The summed E-state index contributed by atoms with van der Waals surface area (Å²) >= 11 is 0. The summed E-state index contributed by atoms with van der Waals surface area (Å²) in [5.74, 6) is 1.68. The lowest BCUT2D eigenvalue weighted by Crippen LogP contribution is -2.49. The number of hydrogen-bond acceptors (Lipinski definition) is 4. The number of likely N-dealkylation sites (tertiary alicyclic amines) is 1. The van der Waals surface area contributed by atoms with Crippen LogP contribution in [0.1, 0.15) is 26.7 Å². The van der Waals surface area contributed by atoms with E-state index in [0.717, 1.165) is 45.0 Å². The lowest BCUT2D eigenvalue weighted by molar-refractivity contribution is 0.0263. The molecule has 6 nitrogen and oxygen atoms in total. The number of halogens is 1. The highest BCUT2D eigenvalue weighted by Crippen LogP contribution is 2.13. The lowest BCUT2D eigenvalue weighted by atomic mass is 10.1. The van der Waals surface area contributed by atoms with Gasteiger partial charge in [0.15, 0.2) is 5.96 Å². The predicted octanol–water partition coefficient (Wildman–Crippen LogP) is 1.56. The molecule has 0 amide bonds. The average Bonchev–Trinajstić information content (AvgIpc) is 2.59. The van der Waals surface area contributed by atoms with Crippen LogP contribution in [0.4, 0.5) is 0 Å². The van der Waals surface area contributed by atoms with Crippen LogP contribution in [0.25, 0.3) is 0 Å². The summed E-state index contributed by atoms with van der Waals surface area (Å²) in [6, 6.07) is 0. The largest absolute Gasteiger partial charge is 0.378 e. The molecule has 2 aliphatic rings. The van der Waals surface area contributed by atoms with Crippen molar-refractivity contribution in [2.75, 3.05) is 73.1 Å². The fraction of sp³-hybridized carbons (Fsp3) is 0.944. The predicted molar refractivity (Wildman–Crippen MR) is 116 cm³/mol. The number of nitrogens with zero attached hydrogens (tertiary/aromatic N) is 4. The quantitative estimate of drug-likeness (QED) is 0.365. The highest BCUT2D eigenvalue weighted by atomic mass is 127. The molecule has 1 unspecified atom stereocenters. The van der Waals surface area contributed by atoms with E-state index in [9.17, 15) is 0 Å². The van der Waals surface area contributed by atoms with Crippen molar-refractivity contribution >= 4 is 29.9 Å². The molecule has 1 atom stereocenters. The van der Waals surface area contributed by atoms with Crippen molar-refractivity contribution in [2.24, 2.45) is 10.9 Å². The number of rotatable bonds is 6. The first kappa shape index (κ1) is 22.9. The molecule has 0 aromatic carbocycles. The van der Waals surface area contributed by atoms with Crippen LogP contribution in [0, 0.1) is 5.92 Å². The van der Waals surface area contributed by atoms with Crippen molar-refractivity contribution in [1.29, 1.82) is 0 Å². The van der Waals surface area contributed by atoms with E-state index in [-0.39, 0.29) is 24.0 Å². The molecular formula is C18H38IN5O. The Morgan fingerprint density at radius 3 is 2.36 bits per heavy atom. The SMILES string of the molecule is CCOC1CCN(C(=NC)NCC(C)CN2CCN(C)CC2)CC1.I. The van der Waals surface area contributed by atoms with Gasteiger partial charge in [0.2, 0.25) is 0 Å². The van der Waals surface area contributed by atoms with Crippen LogP contribution in [0.2, 0.25) is 0 Å². The van der Waals surface area contributed by atoms with E-state index >= 15 is 0 Å². The number of hydrogen-bond donors (Lipinski definition) is 1. The molecule has 0 spiro atoms. The van der Waals surface area contributed by atoms with Gasteiger partial charge in [0.05, 0.1) is 6.10 Å². The molecule has 25 heavy (non-hydrogen) atoms. The molecular weight excluding hydrogens is 429 g/mol. The van der Waals surface area contributed by atoms with Crippen LogP contribution >= 0.6 is 24.0 Å². The molecule has 0 bridgehead atoms. The van der Waals surface area contributed by atoms with Gasteiger partial charge >= 0.3 is 0 Å². The zero-order valence-corrected chi connectivity index (χ0v) is 18.9. The van der Waals surface area contributed by atoms with Crippen molar-refractivity contribution in [2.45, 2.75) is 32.8 Å². The van der Waals surface area contributed by atoms with Gasteiger partial charge in [-0.05, 0) is 32.7 Å². The third-order valence-corrected chi connectivity index (χ3v) is 5.13. The topological polar surface area (TPSA) is 43.3 Å². The number of guanidine groups is 1. The Hall–Kier alpha value is -0.120. The Labute approximate surface area is 171 Å². The summed E-state index contributed by atoms with van der Waals surface area (Å²) in [5, 5.41) is 3.58. The van der Waals surface area contributed by atoms with Gasteiger partial charge in [-0.1, -0.05) is 6.92 Å². The maximum Gasteiger partial charge on any atom is 0.193 e. The van der Waals surface area contributed by atoms with E-state index < -0.39 is 0 Å². The Balaban J connectivity index is 0.00000312. The zero-order chi connectivity index (χ0) is 17.4. The monoisotopic (exact) mass is 467 g/mol. The zero-order valence-electron chi connectivity index (χ0n) is 16.5. The van der Waals surface area contributed by atoms with E-state index in [1.54, 1.807) is 0 Å². The van der Waals surface area contributed by atoms with E-state index in [4.69, 9.17) is 4.74 Å². The first-order valence-electron chi connectivity index (χ1n) is 9.60. The van der Waals surface area contributed by atoms with Gasteiger partial charge in [0, 0.05) is 66.0 Å². The minimum atomic E-state index is 0. The normalized spacial score (nSPS) is 22.6. The van der Waals surface area contributed by atoms with Gasteiger partial charge in [0.1, 0.15) is 0 Å². The van der Waals surface area contributed by atoms with Crippen LogP contribution in [-0.2, 0) is 4.74 Å². The first-order chi connectivity index (χ1) is 11.6. The molecule has 0 aromatic heterocycles. The second-order valence-corrected chi connectivity index (χ2v) is 7.28. The van der Waals surface area contributed by atoms with Gasteiger partial charge < -0.3 is 24.8 Å². The number of likely N-dealkylation sites (N-methyl/N-ethyl adjacent to an activating group) is 1. The fourth-order valence-electron chi connectivity index (χ4n) is 3.60. The Bertz CT molecular complexity index is 380. The maximum atomic E-state index is 5.74. The summed E-state index contributed by atoms with van der Waals surface area (Å²) in [7, 11) is 4.10. The Kier molecular flexibility index (Phi) is 11.3. The minimum Gasteiger partial charge on any atom is -0.378 e. The lowest BCUT2D eigenvalue weighted by Gasteiger charge is -2.35. The number of piperidine rings is 1. The summed E-state index contributed by atoms with van der Waals surface area (Å²) in [5.41, 5.74) is 0. The van der Waals surface area contributed by atoms with Crippen molar-refractivity contribution in [3.05, 3.63) is 0 Å². The molecule has 2 rings (SSSR count). The van der Waals surface area contributed by atoms with Gasteiger partial charge in [-0.25, -0.2) is 0 Å². The van der Waals surface area contributed by atoms with Crippen molar-refractivity contribution in [3.63, 3.8) is 0 Å². The van der Waals surface area contributed by atoms with Gasteiger partial charge in [0.25, 0.3) is 0 Å². The van der Waals surface area contributed by atoms with Crippen LogP contribution in [0.15, 0.2) is 4.99 Å². The molecule has 0 saturated carbocycles. The fourth-order valence-corrected chi connectivity index (χ4v) is 3.60. The molecule has 2 heterocycles. The summed E-state index contributed by atoms with van der Waals surface area (Å²) in [6.45, 7) is 14.2. The second kappa shape index (κ2) is 12.3. The smallest absolute Gasteiger partial charge is 0.193 e. The highest BCUT2D eigenvalue weighted by Gasteiger charge is 2.22. The number of piperazine rings is 1. The van der Waals surface area contributed by atoms with Crippen LogP contribution in [-0.4, -0.2) is 99.8 Å². The third kappa shape index (κ3) is 7.97. The Morgan fingerprint density at radius 1 is 1.16 bits per heavy atom. The van der Waals surface area contributed by atoms with Gasteiger partial charge in [-0.2, -0.15) is 0 Å². The van der Waals surface area contributed by atoms with E-state index in [2.05, 4.69) is 45.9 Å². The van der Waals surface area contributed by atoms with Crippen LogP contribution in [0.5, 0.6) is 0 Å². The van der Waals surface area contributed by atoms with Crippen molar-refractivity contribution in [3.8, 4) is 0 Å². The molecule has 148 valence electrons. The molecule has 0 aromatic rings. The van der Waals surface area contributed by atoms with Crippen LogP contribution in [0.3, 0.4) is 0 Å². The molecule has 2 saturated heterocycles.